The van der Waals surface area contributed by atoms with E-state index in [9.17, 15) is 19.8 Å². The summed E-state index contributed by atoms with van der Waals surface area (Å²) < 4.78 is 4.83. The molecule has 3 heterocycles. The number of rotatable bonds is 3. The average molecular weight is 380 g/mol. The number of carbonyl (C=O) groups excluding carboxylic acids is 2. The number of nitrogens with zero attached hydrogens (tertiary/aromatic N) is 2. The summed E-state index contributed by atoms with van der Waals surface area (Å²) in [6.07, 6.45) is 1.52. The number of hydrogen-bond acceptors (Lipinski definition) is 7. The van der Waals surface area contributed by atoms with Crippen molar-refractivity contribution in [3.05, 3.63) is 52.2 Å². The van der Waals surface area contributed by atoms with E-state index in [2.05, 4.69) is 6.92 Å². The number of hydrogen-bond donors (Lipinski definition) is 2. The van der Waals surface area contributed by atoms with Gasteiger partial charge in [0.1, 0.15) is 18.6 Å². The summed E-state index contributed by atoms with van der Waals surface area (Å²) in [5.41, 5.74) is 4.84. The van der Waals surface area contributed by atoms with Crippen LogP contribution in [0.15, 0.2) is 35.4 Å². The number of aromatic nitrogens is 1. The van der Waals surface area contributed by atoms with Crippen LogP contribution in [0.2, 0.25) is 0 Å². The van der Waals surface area contributed by atoms with Crippen LogP contribution in [0.25, 0.3) is 16.6 Å². The molecular weight excluding hydrogens is 360 g/mol. The highest BCUT2D eigenvalue weighted by atomic mass is 16.5. The van der Waals surface area contributed by atoms with Crippen LogP contribution < -0.4 is 0 Å². The second-order valence-corrected chi connectivity index (χ2v) is 6.97. The van der Waals surface area contributed by atoms with Gasteiger partial charge in [0, 0.05) is 35.7 Å². The Hall–Kier alpha value is -3.19. The number of esters is 1. The minimum absolute atomic E-state index is 0.153. The number of cyclic esters (lactones) is 1. The smallest absolute Gasteiger partial charge is 0.340 e. The van der Waals surface area contributed by atoms with Crippen LogP contribution in [0.5, 0.6) is 5.75 Å². The zero-order valence-corrected chi connectivity index (χ0v) is 15.6. The topological polar surface area (TPSA) is 100.0 Å². The Bertz CT molecular complexity index is 1070. The summed E-state index contributed by atoms with van der Waals surface area (Å²) in [6.45, 7) is 2.50. The number of phenolic OH excluding ortho intramolecular Hbond substituents is 1. The number of benzene rings is 1. The molecule has 2 aromatic rings. The highest BCUT2D eigenvalue weighted by Crippen LogP contribution is 2.38. The second kappa shape index (κ2) is 6.76. The van der Waals surface area contributed by atoms with Crippen molar-refractivity contribution >= 4 is 28.9 Å². The predicted octanol–water partition coefficient (Wildman–Crippen LogP) is 1.70. The van der Waals surface area contributed by atoms with Crippen molar-refractivity contribution in [3.63, 3.8) is 0 Å². The Morgan fingerprint density at radius 3 is 2.89 bits per heavy atom. The van der Waals surface area contributed by atoms with E-state index >= 15 is 0 Å². The maximum atomic E-state index is 11.8. The quantitative estimate of drug-likeness (QED) is 0.617. The molecule has 7 nitrogen and oxygen atoms in total. The summed E-state index contributed by atoms with van der Waals surface area (Å²) in [5, 5.41) is 21.0. The molecule has 4 rings (SSSR count). The van der Waals surface area contributed by atoms with Crippen molar-refractivity contribution in [1.82, 2.24) is 9.88 Å². The van der Waals surface area contributed by atoms with Gasteiger partial charge in [-0.2, -0.15) is 0 Å². The van der Waals surface area contributed by atoms with Crippen molar-refractivity contribution in [2.24, 2.45) is 0 Å². The molecule has 2 aliphatic heterocycles. The fraction of sp³-hybridized carbons (Fsp3) is 0.286. The van der Waals surface area contributed by atoms with Gasteiger partial charge in [-0.3, -0.25) is 4.79 Å². The molecule has 7 heteroatoms. The van der Waals surface area contributed by atoms with E-state index in [4.69, 9.17) is 9.72 Å². The molecule has 0 saturated carbocycles. The molecule has 0 spiro atoms. The molecule has 0 aliphatic carbocycles. The Morgan fingerprint density at radius 2 is 2.18 bits per heavy atom. The summed E-state index contributed by atoms with van der Waals surface area (Å²) in [4.78, 5) is 29.9. The van der Waals surface area contributed by atoms with E-state index in [0.29, 0.717) is 12.8 Å². The van der Waals surface area contributed by atoms with Crippen molar-refractivity contribution in [3.8, 4) is 5.75 Å². The highest BCUT2D eigenvalue weighted by molar-refractivity contribution is 5.91. The fourth-order valence-corrected chi connectivity index (χ4v) is 3.86. The summed E-state index contributed by atoms with van der Waals surface area (Å²) in [6, 6.07) is 5.08. The van der Waals surface area contributed by atoms with Gasteiger partial charge in [0.25, 0.3) is 0 Å². The Kier molecular flexibility index (Phi) is 4.39. The molecule has 0 fully saturated rings. The van der Waals surface area contributed by atoms with Crippen LogP contribution in [0, 0.1) is 0 Å². The molecule has 0 saturated heterocycles. The SMILES string of the molecule is CCc1c2c(nc3ccc(O)cc13)/C(=C/C1=C(C=O)COC(=O)C1O)N(C)C2. The van der Waals surface area contributed by atoms with Gasteiger partial charge >= 0.3 is 5.97 Å². The van der Waals surface area contributed by atoms with Crippen molar-refractivity contribution in [1.29, 1.82) is 0 Å². The molecule has 144 valence electrons. The summed E-state index contributed by atoms with van der Waals surface area (Å²) in [5.74, 6) is -0.579. The van der Waals surface area contributed by atoms with E-state index in [1.54, 1.807) is 24.3 Å². The lowest BCUT2D eigenvalue weighted by molar-refractivity contribution is -0.151. The molecule has 0 bridgehead atoms. The molecule has 1 aromatic heterocycles. The zero-order chi connectivity index (χ0) is 20.0. The first-order chi connectivity index (χ1) is 13.4. The Labute approximate surface area is 161 Å². The van der Waals surface area contributed by atoms with Crippen LogP contribution >= 0.6 is 0 Å². The lowest BCUT2D eigenvalue weighted by Crippen LogP contribution is -2.32. The van der Waals surface area contributed by atoms with Gasteiger partial charge in [0.2, 0.25) is 0 Å². The minimum atomic E-state index is -1.50. The van der Waals surface area contributed by atoms with Gasteiger partial charge in [-0.1, -0.05) is 6.92 Å². The largest absolute Gasteiger partial charge is 0.508 e. The average Bonchev–Trinajstić information content (AvgIpc) is 2.99. The van der Waals surface area contributed by atoms with Crippen LogP contribution in [0.1, 0.15) is 23.7 Å². The highest BCUT2D eigenvalue weighted by Gasteiger charge is 2.32. The lowest BCUT2D eigenvalue weighted by Gasteiger charge is -2.21. The Balaban J connectivity index is 1.94. The number of phenols is 1. The standard InChI is InChI=1S/C21H20N2O5/c1-3-13-15-6-12(25)4-5-17(15)22-19-16(13)8-23(2)18(19)7-14-11(9-24)10-28-21(27)20(14)26/h4-7,9,20,25-26H,3,8,10H2,1-2H3/b18-7-. The van der Waals surface area contributed by atoms with E-state index in [0.717, 1.165) is 39.8 Å². The second-order valence-electron chi connectivity index (χ2n) is 6.97. The molecule has 28 heavy (non-hydrogen) atoms. The number of ether oxygens (including phenoxy) is 1. The number of aromatic hydroxyl groups is 1. The summed E-state index contributed by atoms with van der Waals surface area (Å²) in [7, 11) is 1.89. The van der Waals surface area contributed by atoms with Crippen molar-refractivity contribution in [2.75, 3.05) is 13.7 Å². The fourth-order valence-electron chi connectivity index (χ4n) is 3.86. The first-order valence-electron chi connectivity index (χ1n) is 9.05. The maximum Gasteiger partial charge on any atom is 0.340 e. The number of carbonyl (C=O) groups is 2. The predicted molar refractivity (Wildman–Crippen MR) is 102 cm³/mol. The number of aldehydes is 1. The zero-order valence-electron chi connectivity index (χ0n) is 15.6. The molecular formula is C21H20N2O5. The van der Waals surface area contributed by atoms with E-state index < -0.39 is 12.1 Å². The summed E-state index contributed by atoms with van der Waals surface area (Å²) >= 11 is 0. The van der Waals surface area contributed by atoms with Crippen molar-refractivity contribution < 1.29 is 24.5 Å². The van der Waals surface area contributed by atoms with E-state index in [-0.39, 0.29) is 23.5 Å². The van der Waals surface area contributed by atoms with Crippen LogP contribution in [0.3, 0.4) is 0 Å². The van der Waals surface area contributed by atoms with Gasteiger partial charge in [0.15, 0.2) is 6.10 Å². The molecule has 0 amide bonds. The molecule has 1 aromatic carbocycles. The van der Waals surface area contributed by atoms with Gasteiger partial charge in [0.05, 0.1) is 16.9 Å². The number of aliphatic hydroxyl groups is 1. The monoisotopic (exact) mass is 380 g/mol. The normalized spacial score (nSPS) is 20.7. The van der Waals surface area contributed by atoms with Gasteiger partial charge in [-0.15, -0.1) is 0 Å². The third kappa shape index (κ3) is 2.75. The van der Waals surface area contributed by atoms with Gasteiger partial charge < -0.3 is 19.8 Å². The lowest BCUT2D eigenvalue weighted by atomic mass is 9.97. The molecule has 1 atom stereocenters. The van der Waals surface area contributed by atoms with Crippen LogP contribution in [-0.2, 0) is 27.3 Å². The number of aryl methyl sites for hydroxylation is 1. The first-order valence-corrected chi connectivity index (χ1v) is 9.05. The Morgan fingerprint density at radius 1 is 1.39 bits per heavy atom. The van der Waals surface area contributed by atoms with Gasteiger partial charge in [-0.25, -0.2) is 9.78 Å². The molecule has 2 N–H and O–H groups in total. The van der Waals surface area contributed by atoms with Gasteiger partial charge in [-0.05, 0) is 36.3 Å². The first kappa shape index (κ1) is 18.2. The number of pyridine rings is 1. The third-order valence-corrected chi connectivity index (χ3v) is 5.28. The van der Waals surface area contributed by atoms with E-state index in [1.807, 2.05) is 11.9 Å². The maximum absolute atomic E-state index is 11.8. The molecule has 2 aliphatic rings. The minimum Gasteiger partial charge on any atom is -0.508 e. The van der Waals surface area contributed by atoms with Crippen LogP contribution in [0.4, 0.5) is 0 Å². The van der Waals surface area contributed by atoms with Crippen LogP contribution in [-0.4, -0.2) is 52.1 Å². The third-order valence-electron chi connectivity index (χ3n) is 5.28. The van der Waals surface area contributed by atoms with E-state index in [1.165, 1.54) is 0 Å². The number of fused-ring (bicyclic) bond motifs is 2. The van der Waals surface area contributed by atoms with Crippen molar-refractivity contribution in [2.45, 2.75) is 26.0 Å². The number of aliphatic hydroxyl groups excluding tert-OH is 1. The molecule has 1 unspecified atom stereocenters. The molecule has 0 radical (unpaired) electrons.